The minimum absolute atomic E-state index is 0.463. The van der Waals surface area contributed by atoms with Crippen LogP contribution < -0.4 is 0 Å². The van der Waals surface area contributed by atoms with Crippen molar-refractivity contribution in [3.8, 4) is 0 Å². The van der Waals surface area contributed by atoms with E-state index in [1.807, 2.05) is 0 Å². The molecule has 0 aliphatic heterocycles. The zero-order valence-corrected chi connectivity index (χ0v) is 3.64. The first-order valence-corrected chi connectivity index (χ1v) is 1.69. The average molecular weight is 77.7 g/mol. The molecular weight excluding hydrogens is 73.7 g/mol. The molecule has 0 aromatic carbocycles. The van der Waals surface area contributed by atoms with Gasteiger partial charge in [0.2, 0.25) is 0 Å². The minimum atomic E-state index is -0.509. The monoisotopic (exact) mass is 78.0 g/mol. The molecule has 0 aliphatic carbocycles. The lowest BCUT2D eigenvalue weighted by Gasteiger charge is -1.91. The molecule has 0 aliphatic rings. The quantitative estimate of drug-likeness (QED) is 0.392. The maximum atomic E-state index is 9.80. The molecule has 0 spiro atoms. The molecule has 0 bridgehead atoms. The van der Waals surface area contributed by atoms with Crippen molar-refractivity contribution in [3.05, 3.63) is 0 Å². The molecule has 28 valence electrons. The highest BCUT2D eigenvalue weighted by Gasteiger charge is 1.94. The molecule has 0 fully saturated rings. The molecule has 0 N–H and O–H groups in total. The molecule has 0 saturated carbocycles. The lowest BCUT2D eigenvalue weighted by molar-refractivity contribution is -0.111. The first kappa shape index (κ1) is 5.80. The van der Waals surface area contributed by atoms with E-state index in [1.165, 1.54) is 0 Å². The van der Waals surface area contributed by atoms with Crippen LogP contribution in [0.2, 0.25) is 5.82 Å². The van der Waals surface area contributed by atoms with Crippen molar-refractivity contribution < 1.29 is 4.79 Å². The van der Waals surface area contributed by atoms with Crippen LogP contribution in [0.4, 0.5) is 0 Å². The van der Waals surface area contributed by atoms with Gasteiger partial charge in [-0.1, -0.05) is 6.92 Å². The van der Waals surface area contributed by atoms with Crippen molar-refractivity contribution >= 4 is 21.4 Å². The van der Waals surface area contributed by atoms with Gasteiger partial charge in [-0.05, 0) is 5.82 Å². The van der Waals surface area contributed by atoms with Crippen LogP contribution in [-0.4, -0.2) is 21.4 Å². The fourth-order valence-corrected chi connectivity index (χ4v) is 0. The second kappa shape index (κ2) is 2.06. The van der Waals surface area contributed by atoms with E-state index in [9.17, 15) is 4.79 Å². The molecule has 6 heavy (non-hydrogen) atoms. The van der Waals surface area contributed by atoms with Crippen LogP contribution in [0.1, 0.15) is 6.92 Å². The summed E-state index contributed by atoms with van der Waals surface area (Å²) in [6.07, 6.45) is 0. The van der Waals surface area contributed by atoms with Gasteiger partial charge in [0.15, 0.2) is 7.85 Å². The molecule has 3 heteroatoms. The summed E-state index contributed by atoms with van der Waals surface area (Å²) in [5.74, 6) is -0.509. The van der Waals surface area contributed by atoms with Gasteiger partial charge in [0.25, 0.3) is 0 Å². The van der Waals surface area contributed by atoms with E-state index in [4.69, 9.17) is 7.85 Å². The predicted molar refractivity (Wildman–Crippen MR) is 25.9 cm³/mol. The highest BCUT2D eigenvalue weighted by molar-refractivity contribution is 6.63. The third-order valence-electron chi connectivity index (χ3n) is 0.449. The standard InChI is InChI=1S/C3H4B2O/c1-2(4)3(5)6/h2H,1H3. The Morgan fingerprint density at radius 1 is 1.83 bits per heavy atom. The Balaban J connectivity index is 3.26. The Morgan fingerprint density at radius 3 is 2.00 bits per heavy atom. The summed E-state index contributed by atoms with van der Waals surface area (Å²) < 4.78 is 0. The smallest absolute Gasteiger partial charge is 0.167 e. The molecule has 0 amide bonds. The van der Waals surface area contributed by atoms with Gasteiger partial charge in [-0.2, -0.15) is 0 Å². The molecule has 1 atom stereocenters. The van der Waals surface area contributed by atoms with Crippen LogP contribution >= 0.6 is 0 Å². The van der Waals surface area contributed by atoms with E-state index in [2.05, 4.69) is 7.85 Å². The Morgan fingerprint density at radius 2 is 2.00 bits per heavy atom. The third kappa shape index (κ3) is 2.06. The lowest BCUT2D eigenvalue weighted by Crippen LogP contribution is -2.02. The fraction of sp³-hybridized carbons (Fsp3) is 0.667. The first-order valence-electron chi connectivity index (χ1n) is 1.69. The van der Waals surface area contributed by atoms with Gasteiger partial charge in [-0.15, -0.1) is 0 Å². The second-order valence-corrected chi connectivity index (χ2v) is 1.19. The topological polar surface area (TPSA) is 17.1 Å². The molecule has 0 saturated heterocycles. The summed E-state index contributed by atoms with van der Waals surface area (Å²) in [6, 6.07) is 0. The summed E-state index contributed by atoms with van der Waals surface area (Å²) in [7, 11) is 9.63. The number of rotatable bonds is 1. The van der Waals surface area contributed by atoms with Gasteiger partial charge in [-0.3, -0.25) is 0 Å². The summed E-state index contributed by atoms with van der Waals surface area (Å²) in [6.45, 7) is 1.54. The molecule has 4 radical (unpaired) electrons. The first-order chi connectivity index (χ1) is 2.64. The van der Waals surface area contributed by atoms with E-state index >= 15 is 0 Å². The van der Waals surface area contributed by atoms with Crippen molar-refractivity contribution in [2.75, 3.05) is 0 Å². The van der Waals surface area contributed by atoms with Crippen LogP contribution in [0.5, 0.6) is 0 Å². The summed E-state index contributed by atoms with van der Waals surface area (Å²) in [5, 5.41) is 0. The number of carbonyl (C=O) groups is 1. The maximum Gasteiger partial charge on any atom is 0.167 e. The van der Waals surface area contributed by atoms with Crippen LogP contribution in [0.15, 0.2) is 0 Å². The van der Waals surface area contributed by atoms with Crippen LogP contribution in [-0.2, 0) is 4.79 Å². The van der Waals surface area contributed by atoms with E-state index in [-0.39, 0.29) is 0 Å². The molecule has 1 nitrogen and oxygen atoms in total. The van der Waals surface area contributed by atoms with Crippen molar-refractivity contribution in [1.29, 1.82) is 0 Å². The normalized spacial score (nSPS) is 13.5. The Kier molecular flexibility index (Phi) is 1.99. The average Bonchev–Trinajstić information content (AvgIpc) is 1.36. The molecular formula is C3H4B2O. The minimum Gasteiger partial charge on any atom is -0.313 e. The fourth-order valence-electron chi connectivity index (χ4n) is 0. The Hall–Kier alpha value is -0.200. The molecule has 0 rings (SSSR count). The SMILES string of the molecule is [B]C(=O)C([B])C. The summed E-state index contributed by atoms with van der Waals surface area (Å²) in [5.41, 5.74) is -0.463. The highest BCUT2D eigenvalue weighted by atomic mass is 16.1. The third-order valence-corrected chi connectivity index (χ3v) is 0.449. The van der Waals surface area contributed by atoms with E-state index in [0.717, 1.165) is 0 Å². The van der Waals surface area contributed by atoms with E-state index < -0.39 is 11.5 Å². The zero-order chi connectivity index (χ0) is 5.15. The Bertz CT molecular complexity index is 59.8. The molecule has 0 aromatic heterocycles. The van der Waals surface area contributed by atoms with Crippen molar-refractivity contribution in [2.24, 2.45) is 0 Å². The van der Waals surface area contributed by atoms with Crippen LogP contribution in [0, 0.1) is 0 Å². The highest BCUT2D eigenvalue weighted by Crippen LogP contribution is 1.90. The van der Waals surface area contributed by atoms with Gasteiger partial charge < -0.3 is 4.79 Å². The van der Waals surface area contributed by atoms with Gasteiger partial charge >= 0.3 is 0 Å². The number of hydrogen-bond acceptors (Lipinski definition) is 1. The maximum absolute atomic E-state index is 9.80. The van der Waals surface area contributed by atoms with Crippen molar-refractivity contribution in [2.45, 2.75) is 12.7 Å². The molecule has 1 unspecified atom stereocenters. The van der Waals surface area contributed by atoms with Gasteiger partial charge in [0.05, 0.1) is 13.5 Å². The zero-order valence-electron chi connectivity index (χ0n) is 3.64. The summed E-state index contributed by atoms with van der Waals surface area (Å²) >= 11 is 0. The van der Waals surface area contributed by atoms with Gasteiger partial charge in [0, 0.05) is 0 Å². The predicted octanol–water partition coefficient (Wildman–Crippen LogP) is -0.342. The Labute approximate surface area is 39.9 Å². The van der Waals surface area contributed by atoms with Crippen molar-refractivity contribution in [1.82, 2.24) is 0 Å². The van der Waals surface area contributed by atoms with Crippen LogP contribution in [0.25, 0.3) is 0 Å². The second-order valence-electron chi connectivity index (χ2n) is 1.19. The van der Waals surface area contributed by atoms with Gasteiger partial charge in [-0.25, -0.2) is 0 Å². The van der Waals surface area contributed by atoms with Crippen LogP contribution in [0.3, 0.4) is 0 Å². The number of hydrogen-bond donors (Lipinski definition) is 0. The lowest BCUT2D eigenvalue weighted by atomic mass is 9.77. The van der Waals surface area contributed by atoms with Crippen molar-refractivity contribution in [3.63, 3.8) is 0 Å². The van der Waals surface area contributed by atoms with Gasteiger partial charge in [0.1, 0.15) is 0 Å². The molecule has 0 aromatic rings. The largest absolute Gasteiger partial charge is 0.313 e. The summed E-state index contributed by atoms with van der Waals surface area (Å²) in [4.78, 5) is 9.80. The number of carbonyl (C=O) groups excluding carboxylic acids is 1. The molecule has 0 heterocycles. The van der Waals surface area contributed by atoms with E-state index in [0.29, 0.717) is 0 Å². The van der Waals surface area contributed by atoms with E-state index in [1.54, 1.807) is 6.92 Å².